The summed E-state index contributed by atoms with van der Waals surface area (Å²) < 4.78 is 38.8. The molecule has 172 valence electrons. The average Bonchev–Trinajstić information content (AvgIpc) is 2.81. The van der Waals surface area contributed by atoms with E-state index in [4.69, 9.17) is 32.7 Å². The van der Waals surface area contributed by atoms with Crippen molar-refractivity contribution in [2.75, 3.05) is 32.8 Å². The van der Waals surface area contributed by atoms with Crippen LogP contribution >= 0.6 is 23.2 Å². The van der Waals surface area contributed by atoms with Gasteiger partial charge in [0.25, 0.3) is 5.91 Å². The molecule has 1 atom stereocenters. The fraction of sp³-hybridized carbons (Fsp3) is 0.429. The fourth-order valence-corrected chi connectivity index (χ4v) is 5.82. The van der Waals surface area contributed by atoms with Crippen LogP contribution < -0.4 is 4.74 Å². The van der Waals surface area contributed by atoms with Crippen LogP contribution in [0.25, 0.3) is 0 Å². The predicted octanol–water partition coefficient (Wildman–Crippen LogP) is 2.85. The predicted molar refractivity (Wildman–Crippen MR) is 119 cm³/mol. The van der Waals surface area contributed by atoms with Crippen LogP contribution in [0.5, 0.6) is 5.88 Å². The van der Waals surface area contributed by atoms with Crippen molar-refractivity contribution < 1.29 is 22.7 Å². The fourth-order valence-electron chi connectivity index (χ4n) is 3.79. The Hall–Kier alpha value is -1.91. The molecule has 0 aliphatic carbocycles. The van der Waals surface area contributed by atoms with Crippen molar-refractivity contribution in [3.63, 3.8) is 0 Å². The number of nitrogens with zero attached hydrogens (tertiary/aromatic N) is 3. The van der Waals surface area contributed by atoms with Crippen molar-refractivity contribution in [3.8, 4) is 5.88 Å². The van der Waals surface area contributed by atoms with Crippen LogP contribution in [0.2, 0.25) is 10.0 Å². The molecule has 1 amide bonds. The lowest BCUT2D eigenvalue weighted by molar-refractivity contribution is -0.149. The van der Waals surface area contributed by atoms with E-state index in [9.17, 15) is 13.2 Å². The molecular weight excluding hydrogens is 477 g/mol. The summed E-state index contributed by atoms with van der Waals surface area (Å²) in [6, 6.07) is 9.71. The lowest BCUT2D eigenvalue weighted by atomic mass is 10.1. The molecule has 4 rings (SSSR count). The molecule has 11 heteroatoms. The normalized spacial score (nSPS) is 20.8. The van der Waals surface area contributed by atoms with Crippen molar-refractivity contribution in [2.45, 2.75) is 29.9 Å². The average molecular weight is 500 g/mol. The minimum atomic E-state index is -3.82. The number of likely N-dealkylation sites (tertiary alicyclic amines) is 1. The van der Waals surface area contributed by atoms with Gasteiger partial charge in [0.1, 0.15) is 17.1 Å². The van der Waals surface area contributed by atoms with Gasteiger partial charge < -0.3 is 14.4 Å². The molecule has 2 saturated heterocycles. The van der Waals surface area contributed by atoms with Crippen molar-refractivity contribution >= 4 is 39.1 Å². The number of benzene rings is 1. The molecule has 2 aromatic rings. The van der Waals surface area contributed by atoms with Crippen molar-refractivity contribution in [1.82, 2.24) is 14.2 Å². The van der Waals surface area contributed by atoms with Crippen molar-refractivity contribution in [3.05, 3.63) is 52.6 Å². The Morgan fingerprint density at radius 2 is 1.84 bits per heavy atom. The Labute approximate surface area is 197 Å². The van der Waals surface area contributed by atoms with Crippen LogP contribution in [0.1, 0.15) is 12.8 Å². The van der Waals surface area contributed by atoms with E-state index in [-0.39, 0.29) is 41.6 Å². The second-order valence-corrected chi connectivity index (χ2v) is 10.4. The van der Waals surface area contributed by atoms with Gasteiger partial charge in [-0.05, 0) is 18.2 Å². The zero-order valence-corrected chi connectivity index (χ0v) is 19.5. The maximum absolute atomic E-state index is 13.0. The first-order valence-corrected chi connectivity index (χ1v) is 12.5. The monoisotopic (exact) mass is 499 g/mol. The van der Waals surface area contributed by atoms with Crippen LogP contribution in [0.3, 0.4) is 0 Å². The molecule has 0 unspecified atom stereocenters. The standard InChI is InChI=1S/C21H23Cl2N3O5S/c22-15-5-6-20(24-13-15)31-16-7-9-25(10-8-16)21(27)18-14-26(11-12-30-18)32(28,29)19-4-2-1-3-17(19)23/h1-6,13,16,18H,7-12,14H2/t18-/m1/s1. The number of rotatable bonds is 5. The number of ether oxygens (including phenoxy) is 2. The highest BCUT2D eigenvalue weighted by Gasteiger charge is 2.37. The summed E-state index contributed by atoms with van der Waals surface area (Å²) in [5.41, 5.74) is 0. The van der Waals surface area contributed by atoms with Gasteiger partial charge in [-0.1, -0.05) is 35.3 Å². The summed E-state index contributed by atoms with van der Waals surface area (Å²) in [6.45, 7) is 1.25. The third-order valence-electron chi connectivity index (χ3n) is 5.50. The van der Waals surface area contributed by atoms with Crippen molar-refractivity contribution in [1.29, 1.82) is 0 Å². The topological polar surface area (TPSA) is 89.0 Å². The molecule has 0 spiro atoms. The molecule has 2 fully saturated rings. The Morgan fingerprint density at radius 3 is 2.53 bits per heavy atom. The van der Waals surface area contributed by atoms with E-state index in [1.165, 1.54) is 22.6 Å². The number of aromatic nitrogens is 1. The number of piperidine rings is 1. The summed E-state index contributed by atoms with van der Waals surface area (Å²) in [7, 11) is -3.82. The van der Waals surface area contributed by atoms with E-state index >= 15 is 0 Å². The number of hydrogen-bond acceptors (Lipinski definition) is 6. The number of pyridine rings is 1. The molecule has 2 aliphatic heterocycles. The molecule has 0 radical (unpaired) electrons. The van der Waals surface area contributed by atoms with Gasteiger partial charge in [0.2, 0.25) is 15.9 Å². The Kier molecular flexibility index (Phi) is 7.21. The molecule has 0 saturated carbocycles. The first-order chi connectivity index (χ1) is 15.3. The number of hydrogen-bond donors (Lipinski definition) is 0. The Morgan fingerprint density at radius 1 is 1.09 bits per heavy atom. The SMILES string of the molecule is O=C([C@H]1CN(S(=O)(=O)c2ccccc2Cl)CCO1)N1CCC(Oc2ccc(Cl)cn2)CC1. The number of amides is 1. The van der Waals surface area contributed by atoms with Gasteiger partial charge in [0, 0.05) is 51.3 Å². The number of carbonyl (C=O) groups is 1. The van der Waals surface area contributed by atoms with Gasteiger partial charge in [-0.2, -0.15) is 4.31 Å². The molecule has 3 heterocycles. The molecule has 32 heavy (non-hydrogen) atoms. The molecule has 2 aliphatic rings. The van der Waals surface area contributed by atoms with E-state index < -0.39 is 16.1 Å². The van der Waals surface area contributed by atoms with Gasteiger partial charge >= 0.3 is 0 Å². The maximum Gasteiger partial charge on any atom is 0.253 e. The maximum atomic E-state index is 13.0. The number of carbonyl (C=O) groups excluding carboxylic acids is 1. The van der Waals surface area contributed by atoms with Gasteiger partial charge in [0.05, 0.1) is 16.7 Å². The Balaban J connectivity index is 1.35. The van der Waals surface area contributed by atoms with Crippen LogP contribution in [-0.4, -0.2) is 73.5 Å². The highest BCUT2D eigenvalue weighted by atomic mass is 35.5. The number of sulfonamides is 1. The molecule has 0 N–H and O–H groups in total. The van der Waals surface area contributed by atoms with E-state index in [0.29, 0.717) is 36.8 Å². The lowest BCUT2D eigenvalue weighted by Gasteiger charge is -2.37. The Bertz CT molecular complexity index is 1060. The third kappa shape index (κ3) is 5.18. The first kappa shape index (κ1) is 23.3. The van der Waals surface area contributed by atoms with Crippen LogP contribution in [0.15, 0.2) is 47.5 Å². The van der Waals surface area contributed by atoms with Crippen LogP contribution in [0, 0.1) is 0 Å². The van der Waals surface area contributed by atoms with Gasteiger partial charge in [-0.25, -0.2) is 13.4 Å². The minimum absolute atomic E-state index is 0.0311. The van der Waals surface area contributed by atoms with E-state index in [1.54, 1.807) is 29.2 Å². The summed E-state index contributed by atoms with van der Waals surface area (Å²) in [4.78, 5) is 18.9. The zero-order valence-electron chi connectivity index (χ0n) is 17.2. The van der Waals surface area contributed by atoms with Crippen molar-refractivity contribution in [2.24, 2.45) is 0 Å². The molecule has 0 bridgehead atoms. The van der Waals surface area contributed by atoms with Gasteiger partial charge in [0.15, 0.2) is 0 Å². The summed E-state index contributed by atoms with van der Waals surface area (Å²) in [6.07, 6.45) is 1.90. The van der Waals surface area contributed by atoms with Gasteiger partial charge in [-0.3, -0.25) is 4.79 Å². The second kappa shape index (κ2) is 9.93. The third-order valence-corrected chi connectivity index (χ3v) is 8.09. The van der Waals surface area contributed by atoms with Crippen LogP contribution in [-0.2, 0) is 19.6 Å². The number of morpholine rings is 1. The smallest absolute Gasteiger partial charge is 0.253 e. The highest BCUT2D eigenvalue weighted by molar-refractivity contribution is 7.89. The highest BCUT2D eigenvalue weighted by Crippen LogP contribution is 2.26. The van der Waals surface area contributed by atoms with E-state index in [2.05, 4.69) is 4.98 Å². The first-order valence-electron chi connectivity index (χ1n) is 10.3. The minimum Gasteiger partial charge on any atom is -0.474 e. The molecular formula is C21H23Cl2N3O5S. The molecule has 1 aromatic heterocycles. The zero-order chi connectivity index (χ0) is 22.7. The second-order valence-electron chi connectivity index (χ2n) is 7.61. The van der Waals surface area contributed by atoms with Gasteiger partial charge in [-0.15, -0.1) is 0 Å². The summed E-state index contributed by atoms with van der Waals surface area (Å²) >= 11 is 11.9. The molecule has 8 nitrogen and oxygen atoms in total. The van der Waals surface area contributed by atoms with E-state index in [1.807, 2.05) is 0 Å². The van der Waals surface area contributed by atoms with Crippen LogP contribution in [0.4, 0.5) is 0 Å². The lowest BCUT2D eigenvalue weighted by Crippen LogP contribution is -2.54. The van der Waals surface area contributed by atoms with E-state index in [0.717, 1.165) is 0 Å². The quantitative estimate of drug-likeness (QED) is 0.628. The molecule has 1 aromatic carbocycles. The summed E-state index contributed by atoms with van der Waals surface area (Å²) in [5.74, 6) is 0.280. The largest absolute Gasteiger partial charge is 0.474 e. The summed E-state index contributed by atoms with van der Waals surface area (Å²) in [5, 5.41) is 0.690. The number of halogens is 2.